The van der Waals surface area contributed by atoms with Crippen molar-refractivity contribution in [1.82, 2.24) is 0 Å². The number of carboxylic acids is 1. The van der Waals surface area contributed by atoms with Crippen molar-refractivity contribution in [2.24, 2.45) is 5.92 Å². The zero-order valence-corrected chi connectivity index (χ0v) is 10.2. The monoisotopic (exact) mass is 238 g/mol. The van der Waals surface area contributed by atoms with Crippen molar-refractivity contribution in [2.45, 2.75) is 32.1 Å². The Hall–Kier alpha value is -1.02. The highest BCUT2D eigenvalue weighted by Crippen LogP contribution is 2.49. The molecule has 1 aliphatic carbocycles. The molecule has 0 saturated heterocycles. The minimum atomic E-state index is -0.714. The van der Waals surface area contributed by atoms with Gasteiger partial charge in [-0.25, -0.2) is 0 Å². The van der Waals surface area contributed by atoms with Gasteiger partial charge in [-0.05, 0) is 35.4 Å². The molecule has 1 aliphatic rings. The van der Waals surface area contributed by atoms with Crippen LogP contribution in [-0.4, -0.2) is 11.1 Å². The third-order valence-electron chi connectivity index (χ3n) is 3.20. The lowest BCUT2D eigenvalue weighted by atomic mass is 10.00. The SMILES string of the molecule is CC(C)c1ccc([C@H]2C[C@@H]2C(=O)O)c(Cl)c1. The third-order valence-corrected chi connectivity index (χ3v) is 3.53. The first-order valence-electron chi connectivity index (χ1n) is 5.53. The van der Waals surface area contributed by atoms with Crippen molar-refractivity contribution < 1.29 is 9.90 Å². The molecular weight excluding hydrogens is 224 g/mol. The predicted octanol–water partition coefficient (Wildman–Crippen LogP) is 3.65. The molecule has 2 rings (SSSR count). The summed E-state index contributed by atoms with van der Waals surface area (Å²) in [5.41, 5.74) is 2.18. The minimum Gasteiger partial charge on any atom is -0.481 e. The second-order valence-electron chi connectivity index (χ2n) is 4.72. The van der Waals surface area contributed by atoms with Crippen molar-refractivity contribution >= 4 is 17.6 Å². The van der Waals surface area contributed by atoms with E-state index in [1.54, 1.807) is 0 Å². The van der Waals surface area contributed by atoms with Crippen molar-refractivity contribution in [3.8, 4) is 0 Å². The lowest BCUT2D eigenvalue weighted by molar-refractivity contribution is -0.138. The molecule has 0 bridgehead atoms. The van der Waals surface area contributed by atoms with Crippen LogP contribution in [-0.2, 0) is 4.79 Å². The lowest BCUT2D eigenvalue weighted by Crippen LogP contribution is -1.99. The zero-order valence-electron chi connectivity index (χ0n) is 9.40. The van der Waals surface area contributed by atoms with Gasteiger partial charge in [-0.3, -0.25) is 4.79 Å². The molecule has 1 aromatic rings. The van der Waals surface area contributed by atoms with Crippen LogP contribution in [0.15, 0.2) is 18.2 Å². The van der Waals surface area contributed by atoms with E-state index in [-0.39, 0.29) is 11.8 Å². The summed E-state index contributed by atoms with van der Waals surface area (Å²) in [6.45, 7) is 4.23. The van der Waals surface area contributed by atoms with Crippen LogP contribution in [0.25, 0.3) is 0 Å². The topological polar surface area (TPSA) is 37.3 Å². The van der Waals surface area contributed by atoms with E-state index in [1.807, 2.05) is 18.2 Å². The van der Waals surface area contributed by atoms with Crippen molar-refractivity contribution in [2.75, 3.05) is 0 Å². The Morgan fingerprint density at radius 2 is 2.19 bits per heavy atom. The van der Waals surface area contributed by atoms with E-state index in [9.17, 15) is 4.79 Å². The summed E-state index contributed by atoms with van der Waals surface area (Å²) >= 11 is 6.19. The average molecular weight is 239 g/mol. The Bertz CT molecular complexity index is 426. The Balaban J connectivity index is 2.22. The van der Waals surface area contributed by atoms with Gasteiger partial charge in [-0.15, -0.1) is 0 Å². The van der Waals surface area contributed by atoms with Gasteiger partial charge in [0.2, 0.25) is 0 Å². The highest BCUT2D eigenvalue weighted by molar-refractivity contribution is 6.31. The molecule has 1 fully saturated rings. The molecule has 0 aromatic heterocycles. The maximum atomic E-state index is 10.8. The molecular formula is C13H15ClO2. The van der Waals surface area contributed by atoms with Gasteiger partial charge in [0.25, 0.3) is 0 Å². The number of rotatable bonds is 3. The van der Waals surface area contributed by atoms with E-state index in [4.69, 9.17) is 16.7 Å². The highest BCUT2D eigenvalue weighted by atomic mass is 35.5. The standard InChI is InChI=1S/C13H15ClO2/c1-7(2)8-3-4-9(12(14)5-8)10-6-11(10)13(15)16/h3-5,7,10-11H,6H2,1-2H3,(H,15,16)/t10-,11+/m1/s1. The molecule has 1 saturated carbocycles. The van der Waals surface area contributed by atoms with E-state index < -0.39 is 5.97 Å². The van der Waals surface area contributed by atoms with Crippen molar-refractivity contribution in [1.29, 1.82) is 0 Å². The van der Waals surface area contributed by atoms with E-state index >= 15 is 0 Å². The summed E-state index contributed by atoms with van der Waals surface area (Å²) in [6, 6.07) is 5.98. The molecule has 2 atom stereocenters. The van der Waals surface area contributed by atoms with Crippen LogP contribution in [0.3, 0.4) is 0 Å². The van der Waals surface area contributed by atoms with Crippen LogP contribution in [0.4, 0.5) is 0 Å². The van der Waals surface area contributed by atoms with Crippen molar-refractivity contribution in [3.05, 3.63) is 34.3 Å². The largest absolute Gasteiger partial charge is 0.481 e. The Kier molecular flexibility index (Phi) is 2.94. The summed E-state index contributed by atoms with van der Waals surface area (Å²) < 4.78 is 0. The molecule has 86 valence electrons. The molecule has 1 N–H and O–H groups in total. The number of hydrogen-bond donors (Lipinski definition) is 1. The fourth-order valence-corrected chi connectivity index (χ4v) is 2.34. The predicted molar refractivity (Wildman–Crippen MR) is 64.0 cm³/mol. The second kappa shape index (κ2) is 4.10. The highest BCUT2D eigenvalue weighted by Gasteiger charge is 2.45. The number of aliphatic carboxylic acids is 1. The summed E-state index contributed by atoms with van der Waals surface area (Å²) in [5, 5.41) is 9.58. The molecule has 0 amide bonds. The second-order valence-corrected chi connectivity index (χ2v) is 5.13. The van der Waals surface area contributed by atoms with Gasteiger partial charge in [0.05, 0.1) is 5.92 Å². The molecule has 0 spiro atoms. The third kappa shape index (κ3) is 2.07. The van der Waals surface area contributed by atoms with Gasteiger partial charge in [0, 0.05) is 5.02 Å². The first kappa shape index (κ1) is 11.5. The first-order valence-corrected chi connectivity index (χ1v) is 5.90. The van der Waals surface area contributed by atoms with Gasteiger partial charge < -0.3 is 5.11 Å². The number of carbonyl (C=O) groups is 1. The minimum absolute atomic E-state index is 0.117. The first-order chi connectivity index (χ1) is 7.50. The molecule has 0 unspecified atom stereocenters. The van der Waals surface area contributed by atoms with Crippen LogP contribution < -0.4 is 0 Å². The number of benzene rings is 1. The quantitative estimate of drug-likeness (QED) is 0.873. The van der Waals surface area contributed by atoms with E-state index in [0.717, 1.165) is 12.0 Å². The molecule has 16 heavy (non-hydrogen) atoms. The van der Waals surface area contributed by atoms with Gasteiger partial charge in [0.15, 0.2) is 0 Å². The zero-order chi connectivity index (χ0) is 11.9. The normalized spacial score (nSPS) is 23.5. The molecule has 0 aliphatic heterocycles. The fraction of sp³-hybridized carbons (Fsp3) is 0.462. The average Bonchev–Trinajstić information content (AvgIpc) is 2.97. The maximum absolute atomic E-state index is 10.8. The van der Waals surface area contributed by atoms with Crippen LogP contribution >= 0.6 is 11.6 Å². The molecule has 3 heteroatoms. The Morgan fingerprint density at radius 1 is 1.50 bits per heavy atom. The van der Waals surface area contributed by atoms with E-state index in [1.165, 1.54) is 5.56 Å². The van der Waals surface area contributed by atoms with Crippen LogP contribution in [0, 0.1) is 5.92 Å². The molecule has 1 aromatic carbocycles. The maximum Gasteiger partial charge on any atom is 0.307 e. The van der Waals surface area contributed by atoms with Gasteiger partial charge >= 0.3 is 5.97 Å². The number of halogens is 1. The Morgan fingerprint density at radius 3 is 2.62 bits per heavy atom. The molecule has 0 radical (unpaired) electrons. The molecule has 2 nitrogen and oxygen atoms in total. The summed E-state index contributed by atoms with van der Waals surface area (Å²) in [5.74, 6) is -0.386. The van der Waals surface area contributed by atoms with Gasteiger partial charge in [0.1, 0.15) is 0 Å². The summed E-state index contributed by atoms with van der Waals surface area (Å²) in [7, 11) is 0. The molecule has 0 heterocycles. The van der Waals surface area contributed by atoms with Crippen molar-refractivity contribution in [3.63, 3.8) is 0 Å². The number of hydrogen-bond acceptors (Lipinski definition) is 1. The summed E-state index contributed by atoms with van der Waals surface area (Å²) in [6.07, 6.45) is 0.718. The van der Waals surface area contributed by atoms with Gasteiger partial charge in [-0.1, -0.05) is 37.6 Å². The van der Waals surface area contributed by atoms with Crippen LogP contribution in [0.5, 0.6) is 0 Å². The van der Waals surface area contributed by atoms with Crippen LogP contribution in [0.2, 0.25) is 5.02 Å². The fourth-order valence-electron chi connectivity index (χ4n) is 2.01. The Labute approximate surface area is 100 Å². The smallest absolute Gasteiger partial charge is 0.307 e. The van der Waals surface area contributed by atoms with Gasteiger partial charge in [-0.2, -0.15) is 0 Å². The number of carboxylic acid groups (broad SMARTS) is 1. The lowest BCUT2D eigenvalue weighted by Gasteiger charge is -2.09. The summed E-state index contributed by atoms with van der Waals surface area (Å²) in [4.78, 5) is 10.8. The van der Waals surface area contributed by atoms with Crippen LogP contribution in [0.1, 0.15) is 43.2 Å². The van der Waals surface area contributed by atoms with E-state index in [0.29, 0.717) is 10.9 Å². The van der Waals surface area contributed by atoms with E-state index in [2.05, 4.69) is 13.8 Å².